The first-order valence-electron chi connectivity index (χ1n) is 11.2. The van der Waals surface area contributed by atoms with E-state index < -0.39 is 0 Å². The Morgan fingerprint density at radius 2 is 1.76 bits per heavy atom. The van der Waals surface area contributed by atoms with Gasteiger partial charge < -0.3 is 5.11 Å². The predicted octanol–water partition coefficient (Wildman–Crippen LogP) is 6.34. The molecule has 0 spiro atoms. The van der Waals surface area contributed by atoms with Gasteiger partial charge in [-0.1, -0.05) is 53.6 Å². The zero-order valence-electron chi connectivity index (χ0n) is 17.5. The molecule has 3 saturated carbocycles. The first kappa shape index (κ1) is 19.8. The molecular weight excluding hydrogens is 424 g/mol. The van der Waals surface area contributed by atoms with Crippen LogP contribution in [-0.4, -0.2) is 17.0 Å². The van der Waals surface area contributed by atoms with E-state index in [0.717, 1.165) is 60.6 Å². The molecule has 4 aliphatic rings. The lowest BCUT2D eigenvalue weighted by Gasteiger charge is -2.56. The Balaban J connectivity index is 1.47. The molecule has 6 atom stereocenters. The molecule has 1 aromatic carbocycles. The topological polar surface area (TPSA) is 37.3 Å². The second-order valence-electron chi connectivity index (χ2n) is 10.4. The van der Waals surface area contributed by atoms with Gasteiger partial charge in [0, 0.05) is 9.89 Å². The number of hydrogen-bond acceptors (Lipinski definition) is 2. The number of hydrogen-bond donors (Lipinski definition) is 1. The molecule has 1 N–H and O–H groups in total. The third-order valence-electron chi connectivity index (χ3n) is 8.93. The Bertz CT molecular complexity index is 898. The molecule has 0 bridgehead atoms. The van der Waals surface area contributed by atoms with Gasteiger partial charge in [0.05, 0.1) is 6.10 Å². The molecule has 3 heteroatoms. The van der Waals surface area contributed by atoms with Gasteiger partial charge in [-0.25, -0.2) is 0 Å². The quantitative estimate of drug-likeness (QED) is 0.397. The first-order valence-corrected chi connectivity index (χ1v) is 12.0. The molecule has 5 rings (SSSR count). The average molecular weight is 455 g/mol. The van der Waals surface area contributed by atoms with Crippen molar-refractivity contribution in [3.05, 3.63) is 51.5 Å². The van der Waals surface area contributed by atoms with Crippen LogP contribution in [0.3, 0.4) is 0 Å². The number of rotatable bonds is 1. The fourth-order valence-electron chi connectivity index (χ4n) is 7.20. The third kappa shape index (κ3) is 3.03. The van der Waals surface area contributed by atoms with E-state index in [-0.39, 0.29) is 16.9 Å². The van der Waals surface area contributed by atoms with Crippen molar-refractivity contribution in [3.63, 3.8) is 0 Å². The smallest absolute Gasteiger partial charge is 0.165 e. The van der Waals surface area contributed by atoms with E-state index in [9.17, 15) is 9.90 Å². The normalized spacial score (nSPS) is 42.8. The maximum absolute atomic E-state index is 13.5. The number of ketones is 1. The van der Waals surface area contributed by atoms with Gasteiger partial charge in [0.1, 0.15) is 0 Å². The zero-order chi connectivity index (χ0) is 20.4. The third-order valence-corrected chi connectivity index (χ3v) is 9.46. The van der Waals surface area contributed by atoms with Gasteiger partial charge in [-0.3, -0.25) is 4.79 Å². The molecule has 0 amide bonds. The van der Waals surface area contributed by atoms with Crippen molar-refractivity contribution in [2.75, 3.05) is 0 Å². The fourth-order valence-corrected chi connectivity index (χ4v) is 7.47. The van der Waals surface area contributed by atoms with Gasteiger partial charge in [0.15, 0.2) is 5.78 Å². The van der Waals surface area contributed by atoms with Gasteiger partial charge >= 0.3 is 0 Å². The summed E-state index contributed by atoms with van der Waals surface area (Å²) in [5.74, 6) is 2.10. The van der Waals surface area contributed by atoms with E-state index in [4.69, 9.17) is 0 Å². The number of aliphatic hydroxyl groups is 1. The summed E-state index contributed by atoms with van der Waals surface area (Å²) in [5, 5.41) is 10.2. The number of benzene rings is 1. The van der Waals surface area contributed by atoms with Crippen molar-refractivity contribution < 1.29 is 9.90 Å². The minimum atomic E-state index is -0.196. The van der Waals surface area contributed by atoms with Crippen LogP contribution in [0, 0.1) is 28.6 Å². The van der Waals surface area contributed by atoms with Gasteiger partial charge in [-0.05, 0) is 97.5 Å². The molecule has 3 fully saturated rings. The SMILES string of the molecule is C[C@]12CC[C@H](O)CC1=CC[C@@H]1[C@@H]2CC[C@]2(C)C(=O)/C(=C/c3ccc(Br)cc3)C[C@@H]12. The standard InChI is InChI=1S/C26H31BrO2/c1-25-11-9-20(28)15-18(25)5-8-21-22(25)10-12-26(2)23(21)14-17(24(26)29)13-16-3-6-19(27)7-4-16/h3-7,13,20-23,28H,8-12,14-15H2,1-2H3/b17-13+/t20-,21+,22-,23-,25-,26-/m0/s1. The summed E-state index contributed by atoms with van der Waals surface area (Å²) in [6.45, 7) is 4.68. The van der Waals surface area contributed by atoms with Crippen molar-refractivity contribution >= 4 is 27.8 Å². The maximum Gasteiger partial charge on any atom is 0.165 e. The second-order valence-corrected chi connectivity index (χ2v) is 11.3. The molecule has 1 aromatic rings. The Labute approximate surface area is 182 Å². The highest BCUT2D eigenvalue weighted by Crippen LogP contribution is 2.64. The van der Waals surface area contributed by atoms with Crippen LogP contribution in [0.1, 0.15) is 64.4 Å². The van der Waals surface area contributed by atoms with E-state index in [1.54, 1.807) is 0 Å². The molecule has 0 heterocycles. The molecule has 0 aromatic heterocycles. The molecule has 0 aliphatic heterocycles. The highest BCUT2D eigenvalue weighted by Gasteiger charge is 2.59. The van der Waals surface area contributed by atoms with Crippen LogP contribution in [0.4, 0.5) is 0 Å². The largest absolute Gasteiger partial charge is 0.393 e. The van der Waals surface area contributed by atoms with E-state index >= 15 is 0 Å². The van der Waals surface area contributed by atoms with Crippen molar-refractivity contribution in [1.82, 2.24) is 0 Å². The number of carbonyl (C=O) groups excluding carboxylic acids is 1. The van der Waals surface area contributed by atoms with Gasteiger partial charge in [-0.2, -0.15) is 0 Å². The number of allylic oxidation sites excluding steroid dienone is 2. The zero-order valence-corrected chi connectivity index (χ0v) is 19.0. The van der Waals surface area contributed by atoms with Crippen LogP contribution < -0.4 is 0 Å². The summed E-state index contributed by atoms with van der Waals surface area (Å²) in [6, 6.07) is 8.26. The maximum atomic E-state index is 13.5. The summed E-state index contributed by atoms with van der Waals surface area (Å²) >= 11 is 3.49. The monoisotopic (exact) mass is 454 g/mol. The minimum absolute atomic E-state index is 0.159. The number of Topliss-reactive ketones (excluding diaryl/α,β-unsaturated/α-hetero) is 1. The molecule has 2 nitrogen and oxygen atoms in total. The number of carbonyl (C=O) groups is 1. The first-order chi connectivity index (χ1) is 13.8. The Kier molecular flexibility index (Phi) is 4.71. The summed E-state index contributed by atoms with van der Waals surface area (Å²) < 4.78 is 1.07. The van der Waals surface area contributed by atoms with Crippen LogP contribution in [0.2, 0.25) is 0 Å². The van der Waals surface area contributed by atoms with Crippen LogP contribution in [0.5, 0.6) is 0 Å². The highest BCUT2D eigenvalue weighted by molar-refractivity contribution is 9.10. The van der Waals surface area contributed by atoms with Gasteiger partial charge in [0.2, 0.25) is 0 Å². The second kappa shape index (κ2) is 6.92. The summed E-state index contributed by atoms with van der Waals surface area (Å²) in [5.41, 5.74) is 3.67. The number of aliphatic hydroxyl groups excluding tert-OH is 1. The van der Waals surface area contributed by atoms with E-state index in [1.807, 2.05) is 12.1 Å². The van der Waals surface area contributed by atoms with Crippen molar-refractivity contribution in [1.29, 1.82) is 0 Å². The van der Waals surface area contributed by atoms with Crippen LogP contribution >= 0.6 is 15.9 Å². The van der Waals surface area contributed by atoms with E-state index in [2.05, 4.69) is 54.1 Å². The Hall–Kier alpha value is -1.19. The predicted molar refractivity (Wildman–Crippen MR) is 120 cm³/mol. The molecule has 29 heavy (non-hydrogen) atoms. The number of fused-ring (bicyclic) bond motifs is 5. The van der Waals surface area contributed by atoms with E-state index in [0.29, 0.717) is 23.5 Å². The Morgan fingerprint density at radius 1 is 1.03 bits per heavy atom. The summed E-state index contributed by atoms with van der Waals surface area (Å²) in [4.78, 5) is 13.5. The highest BCUT2D eigenvalue weighted by atomic mass is 79.9. The molecule has 0 saturated heterocycles. The summed E-state index contributed by atoms with van der Waals surface area (Å²) in [7, 11) is 0. The molecule has 0 radical (unpaired) electrons. The molecule has 4 aliphatic carbocycles. The van der Waals surface area contributed by atoms with Crippen LogP contribution in [0.15, 0.2) is 46.0 Å². The minimum Gasteiger partial charge on any atom is -0.393 e. The van der Waals surface area contributed by atoms with Gasteiger partial charge in [-0.15, -0.1) is 0 Å². The van der Waals surface area contributed by atoms with Crippen molar-refractivity contribution in [2.45, 2.75) is 64.9 Å². The van der Waals surface area contributed by atoms with E-state index in [1.165, 1.54) is 5.57 Å². The van der Waals surface area contributed by atoms with Crippen LogP contribution in [0.25, 0.3) is 6.08 Å². The van der Waals surface area contributed by atoms with Crippen molar-refractivity contribution in [2.24, 2.45) is 28.6 Å². The lowest BCUT2D eigenvalue weighted by molar-refractivity contribution is -0.130. The molecule has 154 valence electrons. The molecular formula is C26H31BrO2. The Morgan fingerprint density at radius 3 is 2.52 bits per heavy atom. The number of halogens is 1. The lowest BCUT2D eigenvalue weighted by atomic mass is 9.48. The van der Waals surface area contributed by atoms with Crippen molar-refractivity contribution in [3.8, 4) is 0 Å². The lowest BCUT2D eigenvalue weighted by Crippen LogP contribution is -2.50. The van der Waals surface area contributed by atoms with Crippen LogP contribution in [-0.2, 0) is 4.79 Å². The average Bonchev–Trinajstić information content (AvgIpc) is 2.95. The van der Waals surface area contributed by atoms with Gasteiger partial charge in [0.25, 0.3) is 0 Å². The summed E-state index contributed by atoms with van der Waals surface area (Å²) in [6.07, 6.45) is 11.5. The molecule has 0 unspecified atom stereocenters. The fraction of sp³-hybridized carbons (Fsp3) is 0.577.